The van der Waals surface area contributed by atoms with Crippen molar-refractivity contribution in [3.05, 3.63) is 11.1 Å². The van der Waals surface area contributed by atoms with Crippen LogP contribution in [0.15, 0.2) is 4.99 Å². The van der Waals surface area contributed by atoms with Gasteiger partial charge in [0.2, 0.25) is 5.75 Å². The summed E-state index contributed by atoms with van der Waals surface area (Å²) >= 11 is 0. The van der Waals surface area contributed by atoms with Crippen LogP contribution in [-0.2, 0) is 27.2 Å². The quantitative estimate of drug-likeness (QED) is 0.270. The molecule has 164 valence electrons. The molecule has 0 aliphatic heterocycles. The molecule has 0 radical (unpaired) electrons. The molecule has 0 heterocycles. The van der Waals surface area contributed by atoms with Gasteiger partial charge in [0.05, 0.1) is 5.69 Å². The number of anilines is 1. The first kappa shape index (κ1) is 24.4. The highest BCUT2D eigenvalue weighted by Crippen LogP contribution is 2.49. The summed E-state index contributed by atoms with van der Waals surface area (Å²) in [6, 6.07) is -0.717. The maximum atomic E-state index is 12.4. The third kappa shape index (κ3) is 6.19. The van der Waals surface area contributed by atoms with Gasteiger partial charge in [0.25, 0.3) is 0 Å². The molecule has 11 nitrogen and oxygen atoms in total. The van der Waals surface area contributed by atoms with E-state index in [9.17, 15) is 19.2 Å². The predicted molar refractivity (Wildman–Crippen MR) is 109 cm³/mol. The number of ether oxygens (including phenoxy) is 3. The summed E-state index contributed by atoms with van der Waals surface area (Å²) in [4.78, 5) is 51.1. The number of nitrogens with two attached hydrogens (primary N) is 1. The van der Waals surface area contributed by atoms with E-state index in [1.54, 1.807) is 13.8 Å². The van der Waals surface area contributed by atoms with E-state index in [2.05, 4.69) is 15.6 Å². The minimum absolute atomic E-state index is 0.124. The molecule has 1 rings (SSSR count). The molecule has 0 aliphatic carbocycles. The van der Waals surface area contributed by atoms with Crippen molar-refractivity contribution in [2.45, 2.75) is 47.5 Å². The summed E-state index contributed by atoms with van der Waals surface area (Å²) in [5.41, 5.74) is 6.46. The monoisotopic (exact) mass is 422 g/mol. The minimum atomic E-state index is -0.717. The highest BCUT2D eigenvalue weighted by molar-refractivity contribution is 6.03. The summed E-state index contributed by atoms with van der Waals surface area (Å²) in [6.07, 6.45) is 0.550. The number of urea groups is 1. The van der Waals surface area contributed by atoms with E-state index < -0.39 is 23.9 Å². The van der Waals surface area contributed by atoms with Crippen molar-refractivity contribution in [1.29, 1.82) is 0 Å². The summed E-state index contributed by atoms with van der Waals surface area (Å²) in [5.74, 6) is -2.74. The van der Waals surface area contributed by atoms with Crippen molar-refractivity contribution in [1.82, 2.24) is 5.32 Å². The van der Waals surface area contributed by atoms with Gasteiger partial charge in [-0.3, -0.25) is 24.7 Å². The number of aliphatic imine (C=N–C) groups is 1. The van der Waals surface area contributed by atoms with Crippen LogP contribution >= 0.6 is 0 Å². The Bertz CT molecular complexity index is 848. The van der Waals surface area contributed by atoms with Crippen LogP contribution in [0.25, 0.3) is 0 Å². The van der Waals surface area contributed by atoms with E-state index in [4.69, 9.17) is 19.9 Å². The van der Waals surface area contributed by atoms with E-state index in [0.29, 0.717) is 11.1 Å². The molecule has 1 aromatic rings. The highest BCUT2D eigenvalue weighted by Gasteiger charge is 2.30. The van der Waals surface area contributed by atoms with Gasteiger partial charge in [0.15, 0.2) is 17.5 Å². The molecule has 4 N–H and O–H groups in total. The Morgan fingerprint density at radius 1 is 0.833 bits per heavy atom. The molecular weight excluding hydrogens is 396 g/mol. The summed E-state index contributed by atoms with van der Waals surface area (Å²) in [7, 11) is 1.40. The van der Waals surface area contributed by atoms with Gasteiger partial charge in [-0.2, -0.15) is 0 Å². The number of amides is 2. The maximum absolute atomic E-state index is 12.4. The molecule has 0 aliphatic rings. The molecule has 0 aromatic heterocycles. The maximum Gasteiger partial charge on any atom is 0.326 e. The Balaban J connectivity index is 3.88. The number of hydrogen-bond acceptors (Lipinski definition) is 8. The lowest BCUT2D eigenvalue weighted by Gasteiger charge is -2.23. The summed E-state index contributed by atoms with van der Waals surface area (Å²) < 4.78 is 15.8. The van der Waals surface area contributed by atoms with Crippen molar-refractivity contribution >= 4 is 35.6 Å². The SMILES string of the molecule is CCc1c(NC(=O)NC(N)=NC)c(CC)c(OC(C)=O)c(OC(C)=O)c1OC(C)=O. The third-order valence-electron chi connectivity index (χ3n) is 3.73. The van der Waals surface area contributed by atoms with Crippen LogP contribution in [0, 0.1) is 0 Å². The standard InChI is InChI=1S/C19H26N4O7/c1-7-12-14(22-19(27)23-18(20)21-6)13(8-2)16(29-10(4)25)17(30-11(5)26)15(12)28-9(3)24/h7-8H2,1-6H3,(H4,20,21,22,23,27). The molecule has 0 atom stereocenters. The molecule has 2 amide bonds. The second-order valence-corrected chi connectivity index (χ2v) is 6.00. The second kappa shape index (κ2) is 10.8. The van der Waals surface area contributed by atoms with Crippen LogP contribution in [0.3, 0.4) is 0 Å². The van der Waals surface area contributed by atoms with E-state index >= 15 is 0 Å². The molecule has 0 unspecified atom stereocenters. The van der Waals surface area contributed by atoms with Crippen LogP contribution in [0.4, 0.5) is 10.5 Å². The number of guanidine groups is 1. The summed E-state index contributed by atoms with van der Waals surface area (Å²) in [6.45, 7) is 6.97. The van der Waals surface area contributed by atoms with E-state index in [-0.39, 0.29) is 41.7 Å². The van der Waals surface area contributed by atoms with Gasteiger partial charge in [-0.25, -0.2) is 4.79 Å². The molecule has 11 heteroatoms. The van der Waals surface area contributed by atoms with Crippen LogP contribution in [0.5, 0.6) is 17.2 Å². The zero-order valence-electron chi connectivity index (χ0n) is 17.8. The Labute approximate surface area is 173 Å². The zero-order chi connectivity index (χ0) is 23.0. The van der Waals surface area contributed by atoms with Crippen molar-refractivity contribution in [2.75, 3.05) is 12.4 Å². The number of esters is 3. The van der Waals surface area contributed by atoms with Crippen molar-refractivity contribution < 1.29 is 33.4 Å². The fourth-order valence-corrected chi connectivity index (χ4v) is 2.67. The number of carbonyl (C=O) groups excluding carboxylic acids is 4. The Hall–Kier alpha value is -3.63. The number of benzene rings is 1. The van der Waals surface area contributed by atoms with Gasteiger partial charge in [0.1, 0.15) is 0 Å². The topological polar surface area (TPSA) is 158 Å². The summed E-state index contributed by atoms with van der Waals surface area (Å²) in [5, 5.41) is 4.94. The lowest BCUT2D eigenvalue weighted by atomic mass is 9.99. The molecular formula is C19H26N4O7. The van der Waals surface area contributed by atoms with Crippen LogP contribution in [0.2, 0.25) is 0 Å². The van der Waals surface area contributed by atoms with Gasteiger partial charge in [0, 0.05) is 38.9 Å². The first-order chi connectivity index (χ1) is 14.0. The number of carbonyl (C=O) groups is 4. The Morgan fingerprint density at radius 2 is 1.23 bits per heavy atom. The zero-order valence-corrected chi connectivity index (χ0v) is 17.8. The molecule has 0 spiro atoms. The van der Waals surface area contributed by atoms with Gasteiger partial charge < -0.3 is 25.3 Å². The largest absolute Gasteiger partial charge is 0.422 e. The number of hydrogen-bond donors (Lipinski definition) is 3. The predicted octanol–water partition coefficient (Wildman–Crippen LogP) is 1.65. The average Bonchev–Trinajstić information content (AvgIpc) is 2.63. The minimum Gasteiger partial charge on any atom is -0.422 e. The molecule has 0 bridgehead atoms. The van der Waals surface area contributed by atoms with Crippen molar-refractivity contribution in [3.63, 3.8) is 0 Å². The molecule has 0 saturated heterocycles. The average molecular weight is 422 g/mol. The Kier molecular flexibility index (Phi) is 8.78. The molecule has 1 aromatic carbocycles. The molecule has 30 heavy (non-hydrogen) atoms. The third-order valence-corrected chi connectivity index (χ3v) is 3.73. The number of nitrogens with one attached hydrogen (secondary N) is 2. The number of rotatable bonds is 6. The van der Waals surface area contributed by atoms with Crippen LogP contribution in [0.1, 0.15) is 45.7 Å². The second-order valence-electron chi connectivity index (χ2n) is 6.00. The normalized spacial score (nSPS) is 10.8. The van der Waals surface area contributed by atoms with E-state index in [1.807, 2.05) is 0 Å². The fourth-order valence-electron chi connectivity index (χ4n) is 2.67. The first-order valence-corrected chi connectivity index (χ1v) is 9.12. The van der Waals surface area contributed by atoms with Crippen LogP contribution in [-0.4, -0.2) is 36.9 Å². The first-order valence-electron chi connectivity index (χ1n) is 9.12. The van der Waals surface area contributed by atoms with Crippen LogP contribution < -0.4 is 30.6 Å². The van der Waals surface area contributed by atoms with Gasteiger partial charge >= 0.3 is 23.9 Å². The lowest BCUT2D eigenvalue weighted by molar-refractivity contribution is -0.135. The van der Waals surface area contributed by atoms with Gasteiger partial charge in [-0.05, 0) is 12.8 Å². The Morgan fingerprint density at radius 3 is 1.57 bits per heavy atom. The smallest absolute Gasteiger partial charge is 0.326 e. The lowest BCUT2D eigenvalue weighted by Crippen LogP contribution is -2.39. The van der Waals surface area contributed by atoms with E-state index in [1.165, 1.54) is 7.05 Å². The van der Waals surface area contributed by atoms with Crippen molar-refractivity contribution in [2.24, 2.45) is 10.7 Å². The van der Waals surface area contributed by atoms with Crippen molar-refractivity contribution in [3.8, 4) is 17.2 Å². The van der Waals surface area contributed by atoms with E-state index in [0.717, 1.165) is 20.8 Å². The van der Waals surface area contributed by atoms with Gasteiger partial charge in [-0.1, -0.05) is 13.8 Å². The number of nitrogens with zero attached hydrogens (tertiary/aromatic N) is 1. The molecule has 0 fully saturated rings. The molecule has 0 saturated carbocycles. The highest BCUT2D eigenvalue weighted by atomic mass is 16.6. The fraction of sp³-hybridized carbons (Fsp3) is 0.421. The van der Waals surface area contributed by atoms with Gasteiger partial charge in [-0.15, -0.1) is 0 Å².